The molecule has 0 spiro atoms. The van der Waals surface area contributed by atoms with Gasteiger partial charge in [0.15, 0.2) is 11.2 Å². The number of ether oxygens (including phenoxy) is 1. The second kappa shape index (κ2) is 8.87. The summed E-state index contributed by atoms with van der Waals surface area (Å²) in [6, 6.07) is 8.54. The number of carbonyl (C=O) groups is 2. The number of hydrogen-bond donors (Lipinski definition) is 1. The third-order valence-corrected chi connectivity index (χ3v) is 4.58. The van der Waals surface area contributed by atoms with Gasteiger partial charge in [-0.25, -0.2) is 0 Å². The number of nitriles is 1. The van der Waals surface area contributed by atoms with Gasteiger partial charge in [-0.05, 0) is 25.5 Å². The first-order valence-corrected chi connectivity index (χ1v) is 8.73. The summed E-state index contributed by atoms with van der Waals surface area (Å²) in [5.74, 6) is -3.48. The Hall–Kier alpha value is -2.89. The second-order valence-electron chi connectivity index (χ2n) is 6.37. The predicted octanol–water partition coefficient (Wildman–Crippen LogP) is 0.978. The maximum atomic E-state index is 12.9. The molecule has 2 N–H and O–H groups in total. The monoisotopic (exact) mass is 404 g/mol. The van der Waals surface area contributed by atoms with Crippen molar-refractivity contribution in [1.29, 1.82) is 5.26 Å². The molecule has 1 aromatic carbocycles. The van der Waals surface area contributed by atoms with E-state index < -0.39 is 23.1 Å². The Balaban J connectivity index is 0.00000280. The summed E-state index contributed by atoms with van der Waals surface area (Å²) in [4.78, 5) is 37.6. The number of aromatic nitrogens is 1. The van der Waals surface area contributed by atoms with Gasteiger partial charge in [-0.1, -0.05) is 12.1 Å². The minimum Gasteiger partial charge on any atom is -0.465 e. The van der Waals surface area contributed by atoms with Crippen molar-refractivity contribution < 1.29 is 14.3 Å². The molecule has 1 aliphatic heterocycles. The molecule has 1 aliphatic rings. The van der Waals surface area contributed by atoms with Gasteiger partial charge >= 0.3 is 5.97 Å². The maximum absolute atomic E-state index is 12.9. The molecule has 9 heteroatoms. The lowest BCUT2D eigenvalue weighted by Gasteiger charge is -2.24. The molecule has 0 radical (unpaired) electrons. The molecule has 28 heavy (non-hydrogen) atoms. The van der Waals surface area contributed by atoms with E-state index in [1.165, 1.54) is 6.20 Å². The highest BCUT2D eigenvalue weighted by atomic mass is 35.5. The largest absolute Gasteiger partial charge is 0.465 e. The number of hydrogen-bond acceptors (Lipinski definition) is 7. The van der Waals surface area contributed by atoms with Crippen LogP contribution >= 0.6 is 12.4 Å². The summed E-state index contributed by atoms with van der Waals surface area (Å²) in [6.45, 7) is 2.86. The molecule has 0 aliphatic carbocycles. The first kappa shape index (κ1) is 21.4. The zero-order chi connectivity index (χ0) is 19.6. The lowest BCUT2D eigenvalue weighted by molar-refractivity contribution is -0.144. The van der Waals surface area contributed by atoms with Gasteiger partial charge < -0.3 is 15.5 Å². The molecular weight excluding hydrogens is 384 g/mol. The topological polar surface area (TPSA) is 118 Å². The Kier molecular flexibility index (Phi) is 6.78. The number of halogens is 1. The molecule has 1 fully saturated rings. The van der Waals surface area contributed by atoms with Gasteiger partial charge in [0.2, 0.25) is 5.92 Å². The first-order valence-electron chi connectivity index (χ1n) is 8.73. The van der Waals surface area contributed by atoms with E-state index in [1.807, 2.05) is 5.01 Å². The molecule has 148 valence electrons. The van der Waals surface area contributed by atoms with Crippen molar-refractivity contribution in [2.24, 2.45) is 11.7 Å². The molecule has 1 saturated heterocycles. The van der Waals surface area contributed by atoms with Gasteiger partial charge in [0, 0.05) is 30.7 Å². The van der Waals surface area contributed by atoms with Crippen molar-refractivity contribution in [2.75, 3.05) is 24.7 Å². The molecule has 1 aromatic heterocycles. The number of benzene rings is 1. The number of para-hydroxylation sites is 1. The third kappa shape index (κ3) is 3.86. The molecule has 2 unspecified atom stereocenters. The number of nitrogens with zero attached hydrogens (tertiary/aromatic N) is 3. The van der Waals surface area contributed by atoms with Gasteiger partial charge in [0.25, 0.3) is 0 Å². The fourth-order valence-corrected chi connectivity index (χ4v) is 3.23. The molecule has 2 aromatic rings. The van der Waals surface area contributed by atoms with Gasteiger partial charge in [-0.15, -0.1) is 12.4 Å². The second-order valence-corrected chi connectivity index (χ2v) is 6.37. The van der Waals surface area contributed by atoms with Gasteiger partial charge in [0.05, 0.1) is 23.8 Å². The highest BCUT2D eigenvalue weighted by Crippen LogP contribution is 2.17. The number of fused-ring (bicyclic) bond motifs is 1. The van der Waals surface area contributed by atoms with Crippen LogP contribution in [0.3, 0.4) is 0 Å². The van der Waals surface area contributed by atoms with Crippen molar-refractivity contribution >= 4 is 35.1 Å². The fraction of sp³-hybridized carbons (Fsp3) is 0.368. The van der Waals surface area contributed by atoms with Crippen LogP contribution in [0, 0.1) is 17.2 Å². The summed E-state index contributed by atoms with van der Waals surface area (Å²) >= 11 is 0. The maximum Gasteiger partial charge on any atom is 0.331 e. The van der Waals surface area contributed by atoms with Crippen LogP contribution in [-0.4, -0.2) is 42.2 Å². The summed E-state index contributed by atoms with van der Waals surface area (Å²) in [5.41, 5.74) is 5.90. The number of carbonyl (C=O) groups excluding carboxylic acids is 2. The minimum atomic E-state index is -1.67. The SMILES string of the molecule is CCOC(=O)C(C#N)C(=O)c1cn(N2CCC(N)C2)c2ccccc2c1=O.Cl. The van der Waals surface area contributed by atoms with Crippen molar-refractivity contribution in [2.45, 2.75) is 19.4 Å². The van der Waals surface area contributed by atoms with E-state index in [4.69, 9.17) is 10.5 Å². The Bertz CT molecular complexity index is 998. The molecule has 0 saturated carbocycles. The molecule has 3 rings (SSSR count). The van der Waals surface area contributed by atoms with Crippen LogP contribution in [0.25, 0.3) is 10.9 Å². The third-order valence-electron chi connectivity index (χ3n) is 4.58. The van der Waals surface area contributed by atoms with E-state index in [0.717, 1.165) is 6.42 Å². The zero-order valence-electron chi connectivity index (χ0n) is 15.3. The fourth-order valence-electron chi connectivity index (χ4n) is 3.23. The van der Waals surface area contributed by atoms with Crippen LogP contribution < -0.4 is 16.2 Å². The number of Topliss-reactive ketones (excluding diaryl/α,β-unsaturated/α-hetero) is 1. The zero-order valence-corrected chi connectivity index (χ0v) is 16.1. The van der Waals surface area contributed by atoms with Gasteiger partial charge in [-0.2, -0.15) is 5.26 Å². The summed E-state index contributed by atoms with van der Waals surface area (Å²) in [5, 5.41) is 11.5. The average Bonchev–Trinajstić information content (AvgIpc) is 3.09. The number of rotatable bonds is 5. The van der Waals surface area contributed by atoms with Crippen LogP contribution in [0.2, 0.25) is 0 Å². The summed E-state index contributed by atoms with van der Waals surface area (Å²) < 4.78 is 6.51. The number of ketones is 1. The molecule has 0 bridgehead atoms. The van der Waals surface area contributed by atoms with Crippen LogP contribution in [0.15, 0.2) is 35.3 Å². The molecule has 2 atom stereocenters. The summed E-state index contributed by atoms with van der Waals surface area (Å²) in [6.07, 6.45) is 2.18. The van der Waals surface area contributed by atoms with Gasteiger partial charge in [0.1, 0.15) is 0 Å². The standard InChI is InChI=1S/C19H20N4O4.ClH/c1-2-27-19(26)14(9-20)18(25)15-11-23(22-8-7-12(21)10-22)16-6-4-3-5-13(16)17(15)24;/h3-6,11-12,14H,2,7-8,10,21H2,1H3;1H. The predicted molar refractivity (Wildman–Crippen MR) is 106 cm³/mol. The Morgan fingerprint density at radius 1 is 1.39 bits per heavy atom. The lowest BCUT2D eigenvalue weighted by atomic mass is 9.98. The van der Waals surface area contributed by atoms with E-state index in [0.29, 0.717) is 24.0 Å². The molecule has 8 nitrogen and oxygen atoms in total. The smallest absolute Gasteiger partial charge is 0.331 e. The van der Waals surface area contributed by atoms with E-state index in [2.05, 4.69) is 0 Å². The Morgan fingerprint density at radius 3 is 2.71 bits per heavy atom. The highest BCUT2D eigenvalue weighted by molar-refractivity contribution is 6.11. The van der Waals surface area contributed by atoms with Crippen LogP contribution in [0.4, 0.5) is 0 Å². The van der Waals surface area contributed by atoms with Crippen molar-refractivity contribution in [3.8, 4) is 6.07 Å². The normalized spacial score (nSPS) is 16.9. The van der Waals surface area contributed by atoms with Crippen LogP contribution in [0.5, 0.6) is 0 Å². The van der Waals surface area contributed by atoms with Crippen molar-refractivity contribution in [3.63, 3.8) is 0 Å². The van der Waals surface area contributed by atoms with E-state index >= 15 is 0 Å². The highest BCUT2D eigenvalue weighted by Gasteiger charge is 2.32. The molecule has 2 heterocycles. The Morgan fingerprint density at radius 2 is 2.11 bits per heavy atom. The summed E-state index contributed by atoms with van der Waals surface area (Å²) in [7, 11) is 0. The average molecular weight is 405 g/mol. The number of pyridine rings is 1. The molecular formula is C19H21ClN4O4. The number of esters is 1. The quantitative estimate of drug-likeness (QED) is 0.448. The van der Waals surface area contributed by atoms with E-state index in [-0.39, 0.29) is 30.6 Å². The first-order chi connectivity index (χ1) is 13.0. The van der Waals surface area contributed by atoms with E-state index in [1.54, 1.807) is 41.9 Å². The number of nitrogens with two attached hydrogens (primary N) is 1. The Labute approximate surface area is 167 Å². The van der Waals surface area contributed by atoms with Crippen molar-refractivity contribution in [1.82, 2.24) is 4.68 Å². The van der Waals surface area contributed by atoms with Crippen LogP contribution in [0.1, 0.15) is 23.7 Å². The minimum absolute atomic E-state index is 0. The van der Waals surface area contributed by atoms with Crippen LogP contribution in [-0.2, 0) is 9.53 Å². The lowest BCUT2D eigenvalue weighted by Crippen LogP contribution is -2.37. The van der Waals surface area contributed by atoms with Crippen molar-refractivity contribution in [3.05, 3.63) is 46.2 Å². The van der Waals surface area contributed by atoms with Gasteiger partial charge in [-0.3, -0.25) is 19.1 Å². The molecule has 0 amide bonds. The van der Waals surface area contributed by atoms with E-state index in [9.17, 15) is 19.6 Å².